The van der Waals surface area contributed by atoms with E-state index in [9.17, 15) is 9.90 Å². The molecule has 0 saturated carbocycles. The van der Waals surface area contributed by atoms with Gasteiger partial charge in [-0.15, -0.1) is 0 Å². The summed E-state index contributed by atoms with van der Waals surface area (Å²) < 4.78 is 2.26. The van der Waals surface area contributed by atoms with Crippen LogP contribution in [0.5, 0.6) is 0 Å². The molecular weight excluding hydrogens is 310 g/mol. The molecule has 0 unspecified atom stereocenters. The van der Waals surface area contributed by atoms with E-state index in [2.05, 4.69) is 16.7 Å². The molecule has 4 rings (SSSR count). The second kappa shape index (κ2) is 6.44. The Morgan fingerprint density at radius 1 is 0.840 bits per heavy atom. The molecule has 1 N–H and O–H groups in total. The van der Waals surface area contributed by atoms with Crippen molar-refractivity contribution >= 4 is 17.1 Å². The molecule has 2 aromatic carbocycles. The number of aromatic nitrogens is 1. The van der Waals surface area contributed by atoms with E-state index in [1.807, 2.05) is 60.7 Å². The Hall–Kier alpha value is -3.07. The Morgan fingerprint density at radius 2 is 1.48 bits per heavy atom. The molecular formula is C22H19NO2. The van der Waals surface area contributed by atoms with Gasteiger partial charge in [-0.05, 0) is 36.1 Å². The van der Waals surface area contributed by atoms with Crippen molar-refractivity contribution in [1.82, 2.24) is 4.57 Å². The predicted octanol–water partition coefficient (Wildman–Crippen LogP) is 4.48. The number of carboxylic acids is 1. The number of aliphatic carboxylic acids is 1. The summed E-state index contributed by atoms with van der Waals surface area (Å²) in [4.78, 5) is 12.2. The fourth-order valence-corrected chi connectivity index (χ4v) is 3.63. The van der Waals surface area contributed by atoms with Crippen molar-refractivity contribution in [3.8, 4) is 0 Å². The number of hydrogen-bond donors (Lipinski definition) is 1. The summed E-state index contributed by atoms with van der Waals surface area (Å²) >= 11 is 0. The van der Waals surface area contributed by atoms with Gasteiger partial charge in [-0.2, -0.15) is 0 Å². The molecule has 0 atom stereocenters. The van der Waals surface area contributed by atoms with E-state index in [1.54, 1.807) is 0 Å². The van der Waals surface area contributed by atoms with E-state index in [1.165, 1.54) is 5.69 Å². The third-order valence-corrected chi connectivity index (χ3v) is 4.73. The van der Waals surface area contributed by atoms with Gasteiger partial charge < -0.3 is 9.67 Å². The molecule has 3 heteroatoms. The lowest BCUT2D eigenvalue weighted by atomic mass is 9.92. The minimum absolute atomic E-state index is 0.347. The number of nitrogens with zero attached hydrogens (tertiary/aromatic N) is 1. The normalized spacial score (nSPS) is 14.1. The lowest BCUT2D eigenvalue weighted by Crippen LogP contribution is -2.08. The van der Waals surface area contributed by atoms with Gasteiger partial charge in [0.05, 0.1) is 5.57 Å². The van der Waals surface area contributed by atoms with Crippen LogP contribution in [0.1, 0.15) is 28.9 Å². The Kier molecular flexibility index (Phi) is 3.98. The number of aryl methyl sites for hydroxylation is 1. The van der Waals surface area contributed by atoms with Crippen molar-refractivity contribution in [1.29, 1.82) is 0 Å². The van der Waals surface area contributed by atoms with E-state index < -0.39 is 5.97 Å². The fraction of sp³-hybridized carbons (Fsp3) is 0.136. The van der Waals surface area contributed by atoms with Crippen LogP contribution in [0, 0.1) is 0 Å². The quantitative estimate of drug-likeness (QED) is 0.566. The van der Waals surface area contributed by atoms with Gasteiger partial charge in [0.1, 0.15) is 0 Å². The number of hydrogen-bond acceptors (Lipinski definition) is 1. The van der Waals surface area contributed by atoms with Gasteiger partial charge in [-0.3, -0.25) is 0 Å². The number of benzene rings is 2. The zero-order valence-corrected chi connectivity index (χ0v) is 13.9. The summed E-state index contributed by atoms with van der Waals surface area (Å²) in [5.74, 6) is -0.904. The van der Waals surface area contributed by atoms with E-state index in [4.69, 9.17) is 0 Å². The number of fused-ring (bicyclic) bond motifs is 1. The Balaban J connectivity index is 2.04. The minimum atomic E-state index is -0.904. The van der Waals surface area contributed by atoms with Crippen LogP contribution in [0.4, 0.5) is 0 Å². The number of rotatable bonds is 4. The van der Waals surface area contributed by atoms with Crippen molar-refractivity contribution in [2.75, 3.05) is 0 Å². The maximum Gasteiger partial charge on any atom is 0.337 e. The van der Waals surface area contributed by atoms with Gasteiger partial charge in [0.2, 0.25) is 0 Å². The van der Waals surface area contributed by atoms with Crippen LogP contribution in [0.25, 0.3) is 11.1 Å². The molecule has 0 bridgehead atoms. The van der Waals surface area contributed by atoms with E-state index in [0.717, 1.165) is 41.8 Å². The van der Waals surface area contributed by atoms with Gasteiger partial charge in [-0.1, -0.05) is 60.7 Å². The van der Waals surface area contributed by atoms with E-state index >= 15 is 0 Å². The van der Waals surface area contributed by atoms with Crippen LogP contribution < -0.4 is 0 Å². The van der Waals surface area contributed by atoms with Crippen LogP contribution in [0.15, 0.2) is 72.8 Å². The summed E-state index contributed by atoms with van der Waals surface area (Å²) in [6.07, 6.45) is 2.16. The highest BCUT2D eigenvalue weighted by atomic mass is 16.4. The Morgan fingerprint density at radius 3 is 2.12 bits per heavy atom. The van der Waals surface area contributed by atoms with Crippen LogP contribution in [0.3, 0.4) is 0 Å². The zero-order valence-electron chi connectivity index (χ0n) is 13.9. The van der Waals surface area contributed by atoms with Crippen molar-refractivity contribution in [3.05, 3.63) is 95.3 Å². The summed E-state index contributed by atoms with van der Waals surface area (Å²) in [5, 5.41) is 10.0. The van der Waals surface area contributed by atoms with Gasteiger partial charge in [0, 0.05) is 23.5 Å². The van der Waals surface area contributed by atoms with Crippen LogP contribution in [-0.2, 0) is 17.8 Å². The maximum absolute atomic E-state index is 12.2. The van der Waals surface area contributed by atoms with Crippen LogP contribution in [0.2, 0.25) is 0 Å². The van der Waals surface area contributed by atoms with Crippen LogP contribution in [-0.4, -0.2) is 15.6 Å². The van der Waals surface area contributed by atoms with Crippen molar-refractivity contribution in [2.45, 2.75) is 19.4 Å². The maximum atomic E-state index is 12.2. The summed E-state index contributed by atoms with van der Waals surface area (Å²) in [7, 11) is 0. The van der Waals surface area contributed by atoms with Gasteiger partial charge in [0.25, 0.3) is 0 Å². The molecule has 124 valence electrons. The van der Waals surface area contributed by atoms with Crippen molar-refractivity contribution in [2.24, 2.45) is 0 Å². The first-order valence-corrected chi connectivity index (χ1v) is 8.53. The Bertz CT molecular complexity index is 937. The monoisotopic (exact) mass is 329 g/mol. The topological polar surface area (TPSA) is 42.2 Å². The van der Waals surface area contributed by atoms with Gasteiger partial charge in [0.15, 0.2) is 0 Å². The molecule has 0 radical (unpaired) electrons. The van der Waals surface area contributed by atoms with Crippen LogP contribution >= 0.6 is 0 Å². The van der Waals surface area contributed by atoms with Crippen molar-refractivity contribution in [3.63, 3.8) is 0 Å². The fourth-order valence-electron chi connectivity index (χ4n) is 3.63. The number of carboxylic acid groups (broad SMARTS) is 1. The second-order valence-electron chi connectivity index (χ2n) is 6.25. The van der Waals surface area contributed by atoms with E-state index in [0.29, 0.717) is 5.57 Å². The molecule has 3 nitrogen and oxygen atoms in total. The molecule has 0 amide bonds. The lowest BCUT2D eigenvalue weighted by molar-refractivity contribution is -0.130. The largest absolute Gasteiger partial charge is 0.478 e. The second-order valence-corrected chi connectivity index (χ2v) is 6.25. The Labute approximate surface area is 146 Å². The lowest BCUT2D eigenvalue weighted by Gasteiger charge is -2.16. The zero-order chi connectivity index (χ0) is 17.2. The molecule has 0 fully saturated rings. The highest BCUT2D eigenvalue weighted by molar-refractivity contribution is 6.25. The molecule has 1 aliphatic heterocycles. The standard InChI is InChI=1S/C22H19NO2/c24-22(25)21(17-10-5-2-6-11-17)20(16-8-3-1-4-9-16)19-14-13-18-12-7-15-23(18)19/h1-6,8-11,13-14H,7,12,15H2,(H,24,25). The highest BCUT2D eigenvalue weighted by Gasteiger charge is 2.24. The first kappa shape index (κ1) is 15.5. The molecule has 1 aromatic heterocycles. The summed E-state index contributed by atoms with van der Waals surface area (Å²) in [6.45, 7) is 0.940. The van der Waals surface area contributed by atoms with E-state index in [-0.39, 0.29) is 0 Å². The average Bonchev–Trinajstić information content (AvgIpc) is 3.25. The smallest absolute Gasteiger partial charge is 0.337 e. The summed E-state index contributed by atoms with van der Waals surface area (Å²) in [6, 6.07) is 23.4. The predicted molar refractivity (Wildman–Crippen MR) is 99.2 cm³/mol. The molecule has 2 heterocycles. The van der Waals surface area contributed by atoms with Gasteiger partial charge in [-0.25, -0.2) is 4.79 Å². The first-order valence-electron chi connectivity index (χ1n) is 8.53. The SMILES string of the molecule is O=C(O)C(=C(c1ccccc1)c1ccc2n1CCC2)c1ccccc1. The average molecular weight is 329 g/mol. The third-order valence-electron chi connectivity index (χ3n) is 4.73. The molecule has 0 aliphatic carbocycles. The number of carbonyl (C=O) groups is 1. The molecule has 3 aromatic rings. The summed E-state index contributed by atoms with van der Waals surface area (Å²) in [5.41, 5.74) is 5.05. The molecule has 0 spiro atoms. The first-order chi connectivity index (χ1) is 12.3. The third kappa shape index (κ3) is 2.78. The molecule has 25 heavy (non-hydrogen) atoms. The van der Waals surface area contributed by atoms with Gasteiger partial charge >= 0.3 is 5.97 Å². The minimum Gasteiger partial charge on any atom is -0.478 e. The van der Waals surface area contributed by atoms with Crippen molar-refractivity contribution < 1.29 is 9.90 Å². The highest BCUT2D eigenvalue weighted by Crippen LogP contribution is 2.35. The molecule has 0 saturated heterocycles. The molecule has 1 aliphatic rings.